The van der Waals surface area contributed by atoms with Crippen LogP contribution in [0.2, 0.25) is 0 Å². The molecule has 0 unspecified atom stereocenters. The van der Waals surface area contributed by atoms with Crippen LogP contribution < -0.4 is 5.43 Å². The summed E-state index contributed by atoms with van der Waals surface area (Å²) >= 11 is 0.116. The van der Waals surface area contributed by atoms with E-state index in [-0.39, 0.29) is 47.8 Å². The third-order valence-corrected chi connectivity index (χ3v) is 8.97. The van der Waals surface area contributed by atoms with Gasteiger partial charge in [0, 0.05) is 62.0 Å². The first-order valence-corrected chi connectivity index (χ1v) is 16.5. The Labute approximate surface area is 340 Å². The highest BCUT2D eigenvalue weighted by atomic mass is 32.2. The van der Waals surface area contributed by atoms with E-state index < -0.39 is 209 Å². The molecule has 1 fully saturated rings. The molecule has 0 aliphatic carbocycles. The van der Waals surface area contributed by atoms with E-state index in [0.717, 1.165) is 6.92 Å². The standard InChI is InChI=1S/C41H40F5N3O3S/c1-27-6-15-36-34(22-27)37(50)23-39(53-26-31-4-3-5-35(42)40(31)43)49(36)25-38(51)48(33-16-18-47(19-17-33)20-21-52-2)24-28-7-9-29(10-8-28)30-11-13-32(14-12-30)41(44,45)46/h3-15,22-23,33H,16-21,24-26H2,1-2H3/i2D3,3D,4D,5D,6D,7D,8D,9D,10D,11D,12D,13D,14D,15D,21D2,22D,23D,25D2. The zero-order valence-corrected chi connectivity index (χ0v) is 28.2. The molecule has 0 atom stereocenters. The van der Waals surface area contributed by atoms with Gasteiger partial charge < -0.3 is 19.1 Å². The number of fused-ring (bicyclic) bond motifs is 1. The zero-order valence-electron chi connectivity index (χ0n) is 49.4. The summed E-state index contributed by atoms with van der Waals surface area (Å²) in [5, 5.41) is -1.83. The van der Waals surface area contributed by atoms with Gasteiger partial charge in [0.15, 0.2) is 17.1 Å². The van der Waals surface area contributed by atoms with E-state index in [4.69, 9.17) is 27.4 Å². The number of thioether (sulfide) groups is 1. The number of hydrogen-bond donors (Lipinski definition) is 0. The Bertz CT molecular complexity index is 3170. The van der Waals surface area contributed by atoms with E-state index in [1.165, 1.54) is 4.90 Å². The molecule has 1 saturated heterocycles. The van der Waals surface area contributed by atoms with Gasteiger partial charge in [-0.25, -0.2) is 8.78 Å². The molecule has 1 aliphatic heterocycles. The largest absolute Gasteiger partial charge is 0.416 e. The van der Waals surface area contributed by atoms with Crippen molar-refractivity contribution in [1.82, 2.24) is 14.4 Å². The van der Waals surface area contributed by atoms with Crippen LogP contribution >= 0.6 is 11.8 Å². The zero-order chi connectivity index (χ0) is 56.8. The van der Waals surface area contributed by atoms with Crippen molar-refractivity contribution < 1.29 is 61.6 Å². The molecule has 53 heavy (non-hydrogen) atoms. The molecule has 0 radical (unpaired) electrons. The average Bonchev–Trinajstić information content (AvgIpc) is 3.31. The quantitative estimate of drug-likeness (QED) is 0.0939. The normalized spacial score (nSPS) is 20.9. The number of ether oxygens (including phenoxy) is 1. The van der Waals surface area contributed by atoms with Crippen molar-refractivity contribution in [1.29, 1.82) is 0 Å². The van der Waals surface area contributed by atoms with Crippen molar-refractivity contribution in [3.63, 3.8) is 0 Å². The Morgan fingerprint density at radius 3 is 2.38 bits per heavy atom. The van der Waals surface area contributed by atoms with Gasteiger partial charge >= 0.3 is 6.18 Å². The third-order valence-electron chi connectivity index (χ3n) is 7.98. The number of carbonyl (C=O) groups is 1. The van der Waals surface area contributed by atoms with E-state index in [9.17, 15) is 25.1 Å². The van der Waals surface area contributed by atoms with Crippen molar-refractivity contribution in [3.05, 3.63) is 135 Å². The van der Waals surface area contributed by atoms with E-state index in [1.807, 2.05) is 0 Å². The molecule has 0 spiro atoms. The number of nitrogens with zero attached hydrogens (tertiary/aromatic N) is 3. The number of carbonyl (C=O) groups excluding carboxylic acids is 1. The van der Waals surface area contributed by atoms with E-state index in [2.05, 4.69) is 4.74 Å². The summed E-state index contributed by atoms with van der Waals surface area (Å²) in [6.07, 6.45) is -5.98. The number of halogens is 5. The smallest absolute Gasteiger partial charge is 0.383 e. The topological polar surface area (TPSA) is 54.8 Å². The molecule has 0 saturated carbocycles. The number of amides is 1. The SMILES string of the molecule is [2H]c1c([2H])c(F)c(F)c(CSc2c([2H])c(=O)c3c([2H])c(C)c([2H])c([2H])c3n2C([2H])([2H])C(=O)N(Cc2c([2H])c([2H])c(-c3c([2H])c([2H])c(C(F)(F)F)c([2H])c3[2H])c([2H])c2[2H])C2CCN(CC([2H])([2H])OC([2H])([2H])[2H])CC2)c1[2H]. The van der Waals surface area contributed by atoms with Crippen LogP contribution in [0.1, 0.15) is 65.3 Å². The van der Waals surface area contributed by atoms with Crippen LogP contribution in [0.15, 0.2) is 100 Å². The van der Waals surface area contributed by atoms with Crippen molar-refractivity contribution >= 4 is 28.6 Å². The highest BCUT2D eigenvalue weighted by Gasteiger charge is 2.31. The second-order valence-electron chi connectivity index (χ2n) is 11.5. The summed E-state index contributed by atoms with van der Waals surface area (Å²) in [5.74, 6) is -6.45. The lowest BCUT2D eigenvalue weighted by Gasteiger charge is -2.39. The fourth-order valence-corrected chi connectivity index (χ4v) is 6.24. The molecule has 6 rings (SSSR count). The molecule has 0 N–H and O–H groups in total. The summed E-state index contributed by atoms with van der Waals surface area (Å²) < 4.78 is 262. The lowest BCUT2D eigenvalue weighted by Crippen LogP contribution is -2.48. The Kier molecular flexibility index (Phi) is 6.03. The Balaban J connectivity index is 1.59. The number of likely N-dealkylation sites (tertiary alicyclic amines) is 1. The van der Waals surface area contributed by atoms with E-state index in [1.54, 1.807) is 0 Å². The minimum Gasteiger partial charge on any atom is -0.383 e. The third kappa shape index (κ3) is 9.17. The molecule has 1 aliphatic rings. The van der Waals surface area contributed by atoms with Crippen LogP contribution in [0, 0.1) is 18.6 Å². The van der Waals surface area contributed by atoms with Gasteiger partial charge in [-0.3, -0.25) is 9.59 Å². The molecule has 4 aromatic carbocycles. The van der Waals surface area contributed by atoms with E-state index in [0.29, 0.717) is 4.90 Å². The van der Waals surface area contributed by atoms with Gasteiger partial charge in [0.05, 0.1) is 52.8 Å². The number of piperidine rings is 1. The molecule has 2 heterocycles. The first kappa shape index (κ1) is 19.2. The Hall–Kier alpha value is -4.52. The first-order valence-electron chi connectivity index (χ1n) is 26.5. The van der Waals surface area contributed by atoms with Crippen LogP contribution in [0.3, 0.4) is 0 Å². The van der Waals surface area contributed by atoms with Gasteiger partial charge in [0.25, 0.3) is 0 Å². The molecular formula is C41H40F5N3O3S. The number of methoxy groups -OCH3 is 1. The van der Waals surface area contributed by atoms with Gasteiger partial charge in [-0.2, -0.15) is 13.2 Å². The van der Waals surface area contributed by atoms with Gasteiger partial charge in [0.2, 0.25) is 5.91 Å². The second-order valence-corrected chi connectivity index (χ2v) is 12.5. The van der Waals surface area contributed by atoms with Gasteiger partial charge in [-0.05, 0) is 66.7 Å². The summed E-state index contributed by atoms with van der Waals surface area (Å²) in [5.41, 5.74) is -8.40. The lowest BCUT2D eigenvalue weighted by atomic mass is 10.00. The molecule has 0 bridgehead atoms. The lowest BCUT2D eigenvalue weighted by molar-refractivity contribution is -0.137. The van der Waals surface area contributed by atoms with Gasteiger partial charge in [-0.1, -0.05) is 59.9 Å². The van der Waals surface area contributed by atoms with Crippen LogP contribution in [-0.4, -0.2) is 59.5 Å². The predicted molar refractivity (Wildman–Crippen MR) is 198 cm³/mol. The van der Waals surface area contributed by atoms with Crippen molar-refractivity contribution in [2.45, 2.75) is 55.8 Å². The Morgan fingerprint density at radius 1 is 1.00 bits per heavy atom. The number of rotatable bonds is 12. The van der Waals surface area contributed by atoms with Crippen LogP contribution in [0.5, 0.6) is 0 Å². The second kappa shape index (κ2) is 16.7. The molecule has 278 valence electrons. The highest BCUT2D eigenvalue weighted by molar-refractivity contribution is 7.98. The van der Waals surface area contributed by atoms with Crippen molar-refractivity contribution in [3.8, 4) is 11.1 Å². The molecule has 12 heteroatoms. The number of aromatic nitrogens is 1. The fourth-order valence-electron chi connectivity index (χ4n) is 5.32. The summed E-state index contributed by atoms with van der Waals surface area (Å²) in [4.78, 5) is 31.5. The van der Waals surface area contributed by atoms with Gasteiger partial charge in [-0.15, -0.1) is 11.8 Å². The van der Waals surface area contributed by atoms with Crippen molar-refractivity contribution in [2.75, 3.05) is 33.2 Å². The van der Waals surface area contributed by atoms with E-state index >= 15 is 9.18 Å². The number of pyridine rings is 1. The maximum absolute atomic E-state index is 15.4. The first-order chi connectivity index (χ1) is 34.3. The maximum Gasteiger partial charge on any atom is 0.416 e. The minimum absolute atomic E-state index is 0.116. The summed E-state index contributed by atoms with van der Waals surface area (Å²) in [6.45, 7) is -7.70. The Morgan fingerprint density at radius 2 is 1.70 bits per heavy atom. The average molecular weight is 772 g/mol. The number of benzene rings is 4. The van der Waals surface area contributed by atoms with Crippen molar-refractivity contribution in [2.24, 2.45) is 0 Å². The predicted octanol–water partition coefficient (Wildman–Crippen LogP) is 8.71. The molecule has 6 nitrogen and oxygen atoms in total. The summed E-state index contributed by atoms with van der Waals surface area (Å²) in [6, 6.07) is -19.1. The van der Waals surface area contributed by atoms with Crippen LogP contribution in [0.25, 0.3) is 22.0 Å². The minimum atomic E-state index is -5.41. The number of hydrogen-bond acceptors (Lipinski definition) is 5. The molecule has 1 amide bonds. The van der Waals surface area contributed by atoms with Crippen LogP contribution in [0.4, 0.5) is 22.0 Å². The molecule has 5 aromatic rings. The van der Waals surface area contributed by atoms with Gasteiger partial charge in [0.1, 0.15) is 6.50 Å². The monoisotopic (exact) mass is 771 g/mol. The fraction of sp³-hybridized carbons (Fsp3) is 0.317. The highest BCUT2D eigenvalue weighted by Crippen LogP contribution is 2.32. The molecular weight excluding hydrogens is 710 g/mol. The summed E-state index contributed by atoms with van der Waals surface area (Å²) in [7, 11) is -3.18. The molecule has 1 aromatic heterocycles. The number of alkyl halides is 3. The van der Waals surface area contributed by atoms with Crippen LogP contribution in [-0.2, 0) is 34.5 Å². The maximum atomic E-state index is 15.4.